The summed E-state index contributed by atoms with van der Waals surface area (Å²) < 4.78 is 27.5. The number of fused-ring (bicyclic) bond motifs is 1. The van der Waals surface area contributed by atoms with Crippen molar-refractivity contribution in [2.75, 3.05) is 0 Å². The molecule has 0 saturated heterocycles. The van der Waals surface area contributed by atoms with Crippen LogP contribution in [0.3, 0.4) is 0 Å². The summed E-state index contributed by atoms with van der Waals surface area (Å²) in [7, 11) is 0. The molecule has 3 aromatic rings. The van der Waals surface area contributed by atoms with Gasteiger partial charge < -0.3 is 0 Å². The van der Waals surface area contributed by atoms with Crippen LogP contribution in [0.4, 0.5) is 8.78 Å². The molecule has 3 aromatic carbocycles. The van der Waals surface area contributed by atoms with Gasteiger partial charge in [0, 0.05) is 5.39 Å². The first-order valence-corrected chi connectivity index (χ1v) is 7.64. The normalized spacial score (nSPS) is 12.6. The van der Waals surface area contributed by atoms with Crippen LogP contribution in [-0.2, 0) is 0 Å². The van der Waals surface area contributed by atoms with Gasteiger partial charge in [0.1, 0.15) is 11.6 Å². The highest BCUT2D eigenvalue weighted by Gasteiger charge is 2.19. The zero-order valence-corrected chi connectivity index (χ0v) is 13.1. The van der Waals surface area contributed by atoms with Crippen molar-refractivity contribution in [3.05, 3.63) is 82.4 Å². The van der Waals surface area contributed by atoms with Crippen molar-refractivity contribution in [1.82, 2.24) is 0 Å². The van der Waals surface area contributed by atoms with Gasteiger partial charge in [-0.25, -0.2) is 8.78 Å². The zero-order valence-electron chi connectivity index (χ0n) is 10.8. The molecular weight excluding hydrogens is 358 g/mol. The van der Waals surface area contributed by atoms with E-state index in [0.717, 1.165) is 10.9 Å². The van der Waals surface area contributed by atoms with Crippen LogP contribution in [-0.4, -0.2) is 0 Å². The van der Waals surface area contributed by atoms with E-state index in [1.807, 2.05) is 12.1 Å². The predicted octanol–water partition coefficient (Wildman–Crippen LogP) is 6.26. The maximum atomic E-state index is 13.9. The second-order valence-electron chi connectivity index (χ2n) is 4.69. The molecule has 21 heavy (non-hydrogen) atoms. The molecule has 0 nitrogen and oxygen atoms in total. The topological polar surface area (TPSA) is 0 Å². The lowest BCUT2D eigenvalue weighted by molar-refractivity contribution is 0.626. The van der Waals surface area contributed by atoms with Gasteiger partial charge in [-0.2, -0.15) is 0 Å². The minimum Gasteiger partial charge on any atom is -0.206 e. The van der Waals surface area contributed by atoms with Gasteiger partial charge in [-0.15, -0.1) is 0 Å². The van der Waals surface area contributed by atoms with Gasteiger partial charge in [0.15, 0.2) is 0 Å². The van der Waals surface area contributed by atoms with Crippen LogP contribution >= 0.6 is 27.5 Å². The van der Waals surface area contributed by atoms with Gasteiger partial charge in [0.25, 0.3) is 0 Å². The Morgan fingerprint density at radius 1 is 0.762 bits per heavy atom. The lowest BCUT2D eigenvalue weighted by atomic mass is 9.98. The SMILES string of the molecule is Fc1cccc(C(Br)c2ccc(F)c3ccccc23)c1Cl. The molecule has 1 atom stereocenters. The van der Waals surface area contributed by atoms with Crippen molar-refractivity contribution in [1.29, 1.82) is 0 Å². The fraction of sp³-hybridized carbons (Fsp3) is 0.0588. The number of alkyl halides is 1. The van der Waals surface area contributed by atoms with Crippen molar-refractivity contribution >= 4 is 38.3 Å². The van der Waals surface area contributed by atoms with Crippen LogP contribution in [0.1, 0.15) is 16.0 Å². The summed E-state index contributed by atoms with van der Waals surface area (Å²) in [5, 5.41) is 1.39. The third-order valence-corrected chi connectivity index (χ3v) is 4.82. The number of rotatable bonds is 2. The van der Waals surface area contributed by atoms with E-state index in [1.54, 1.807) is 30.3 Å². The minimum absolute atomic E-state index is 0.0766. The van der Waals surface area contributed by atoms with Gasteiger partial charge in [-0.05, 0) is 28.6 Å². The van der Waals surface area contributed by atoms with Crippen molar-refractivity contribution in [2.24, 2.45) is 0 Å². The maximum Gasteiger partial charge on any atom is 0.142 e. The van der Waals surface area contributed by atoms with Gasteiger partial charge in [-0.1, -0.05) is 70.0 Å². The van der Waals surface area contributed by atoms with E-state index < -0.39 is 5.82 Å². The molecule has 4 heteroatoms. The summed E-state index contributed by atoms with van der Waals surface area (Å²) in [6.07, 6.45) is 0. The molecule has 3 rings (SSSR count). The first-order chi connectivity index (χ1) is 10.1. The number of hydrogen-bond donors (Lipinski definition) is 0. The third-order valence-electron chi connectivity index (χ3n) is 3.43. The van der Waals surface area contributed by atoms with Crippen LogP contribution in [0.25, 0.3) is 10.8 Å². The number of halogens is 4. The molecule has 0 N–H and O–H groups in total. The van der Waals surface area contributed by atoms with Crippen LogP contribution < -0.4 is 0 Å². The predicted molar refractivity (Wildman–Crippen MR) is 86.1 cm³/mol. The second kappa shape index (κ2) is 5.74. The molecule has 0 amide bonds. The van der Waals surface area contributed by atoms with Gasteiger partial charge in [-0.3, -0.25) is 0 Å². The first kappa shape index (κ1) is 14.5. The maximum absolute atomic E-state index is 13.9. The molecule has 0 saturated carbocycles. The standard InChI is InChI=1S/C17H10BrClF2/c18-16(13-6-3-7-15(21)17(13)19)12-8-9-14(20)11-5-2-1-4-10(11)12/h1-9,16H. The van der Waals surface area contributed by atoms with E-state index >= 15 is 0 Å². The summed E-state index contributed by atoms with van der Waals surface area (Å²) in [6.45, 7) is 0. The van der Waals surface area contributed by atoms with E-state index in [9.17, 15) is 8.78 Å². The molecule has 0 aliphatic rings. The highest BCUT2D eigenvalue weighted by molar-refractivity contribution is 9.09. The lowest BCUT2D eigenvalue weighted by Gasteiger charge is -2.15. The van der Waals surface area contributed by atoms with Crippen LogP contribution in [0, 0.1) is 11.6 Å². The quantitative estimate of drug-likeness (QED) is 0.469. The van der Waals surface area contributed by atoms with Gasteiger partial charge in [0.05, 0.1) is 9.85 Å². The summed E-state index contributed by atoms with van der Waals surface area (Å²) in [4.78, 5) is -0.314. The average Bonchev–Trinajstić information content (AvgIpc) is 2.50. The Hall–Kier alpha value is -1.45. The van der Waals surface area contributed by atoms with E-state index in [4.69, 9.17) is 11.6 Å². The van der Waals surface area contributed by atoms with E-state index in [1.165, 1.54) is 12.1 Å². The van der Waals surface area contributed by atoms with Gasteiger partial charge in [0.2, 0.25) is 0 Å². The molecule has 0 spiro atoms. The third kappa shape index (κ3) is 2.56. The molecule has 0 fully saturated rings. The summed E-state index contributed by atoms with van der Waals surface area (Å²) >= 11 is 9.59. The monoisotopic (exact) mass is 366 g/mol. The molecule has 0 aliphatic heterocycles. The smallest absolute Gasteiger partial charge is 0.142 e. The Morgan fingerprint density at radius 2 is 1.48 bits per heavy atom. The lowest BCUT2D eigenvalue weighted by Crippen LogP contribution is -1.97. The van der Waals surface area contributed by atoms with Crippen molar-refractivity contribution in [2.45, 2.75) is 4.83 Å². The Bertz CT molecular complexity index is 817. The molecular formula is C17H10BrClF2. The number of hydrogen-bond acceptors (Lipinski definition) is 0. The fourth-order valence-corrected chi connectivity index (χ4v) is 3.54. The molecule has 106 valence electrons. The Balaban J connectivity index is 2.21. The van der Waals surface area contributed by atoms with Crippen molar-refractivity contribution in [3.8, 4) is 0 Å². The Labute approximate surface area is 134 Å². The fourth-order valence-electron chi connectivity index (χ4n) is 2.39. The molecule has 0 aromatic heterocycles. The zero-order chi connectivity index (χ0) is 15.0. The van der Waals surface area contributed by atoms with E-state index in [0.29, 0.717) is 10.9 Å². The summed E-state index contributed by atoms with van der Waals surface area (Å²) in [5.41, 5.74) is 1.47. The summed E-state index contributed by atoms with van der Waals surface area (Å²) in [5.74, 6) is -0.746. The number of benzene rings is 3. The van der Waals surface area contributed by atoms with Crippen LogP contribution in [0.5, 0.6) is 0 Å². The average molecular weight is 368 g/mol. The minimum atomic E-state index is -0.468. The Kier molecular flexibility index (Phi) is 3.96. The van der Waals surface area contributed by atoms with Crippen molar-refractivity contribution < 1.29 is 8.78 Å². The summed E-state index contributed by atoms with van der Waals surface area (Å²) in [6, 6.07) is 15.0. The molecule has 1 unspecified atom stereocenters. The van der Waals surface area contributed by atoms with Gasteiger partial charge >= 0.3 is 0 Å². The first-order valence-electron chi connectivity index (χ1n) is 6.34. The molecule has 0 bridgehead atoms. The Morgan fingerprint density at radius 3 is 2.24 bits per heavy atom. The van der Waals surface area contributed by atoms with E-state index in [2.05, 4.69) is 15.9 Å². The molecule has 0 aliphatic carbocycles. The highest BCUT2D eigenvalue weighted by atomic mass is 79.9. The van der Waals surface area contributed by atoms with Crippen LogP contribution in [0.2, 0.25) is 5.02 Å². The second-order valence-corrected chi connectivity index (χ2v) is 5.98. The van der Waals surface area contributed by atoms with Crippen LogP contribution in [0.15, 0.2) is 54.6 Å². The van der Waals surface area contributed by atoms with Crippen molar-refractivity contribution in [3.63, 3.8) is 0 Å². The molecule has 0 radical (unpaired) electrons. The largest absolute Gasteiger partial charge is 0.206 e. The highest BCUT2D eigenvalue weighted by Crippen LogP contribution is 2.39. The van der Waals surface area contributed by atoms with E-state index in [-0.39, 0.29) is 15.7 Å². The molecule has 0 heterocycles.